The molecule has 2 aliphatic heterocycles. The average molecular weight is 543 g/mol. The molecular weight excluding hydrogens is 508 g/mol. The number of carbonyl (C=O) groups is 1. The topological polar surface area (TPSA) is 61.8 Å². The molecule has 7 rings (SSSR count). The minimum Gasteiger partial charge on any atom is -0.457 e. The maximum Gasteiger partial charge on any atom is 0.336 e. The number of benzene rings is 4. The van der Waals surface area contributed by atoms with Crippen molar-refractivity contribution in [3.05, 3.63) is 148 Å². The van der Waals surface area contributed by atoms with Gasteiger partial charge in [-0.15, -0.1) is 0 Å². The van der Waals surface area contributed by atoms with Crippen molar-refractivity contribution in [3.8, 4) is 0 Å². The number of nitrogens with one attached hydrogen (secondary N) is 1. The zero-order valence-corrected chi connectivity index (χ0v) is 23.0. The minimum absolute atomic E-state index is 0.000503. The zero-order valence-electron chi connectivity index (χ0n) is 23.0. The second kappa shape index (κ2) is 10.7. The third-order valence-electron chi connectivity index (χ3n) is 9.22. The number of para-hydroxylation sites is 1. The lowest BCUT2D eigenvalue weighted by Crippen LogP contribution is -2.50. The van der Waals surface area contributed by atoms with Gasteiger partial charge in [-0.25, -0.2) is 4.79 Å². The summed E-state index contributed by atoms with van der Waals surface area (Å²) in [5.74, 6) is -0.268. The number of hydrogen-bond donors (Lipinski definition) is 2. The lowest BCUT2D eigenvalue weighted by atomic mass is 9.61. The van der Waals surface area contributed by atoms with Crippen LogP contribution in [0.1, 0.15) is 46.6 Å². The highest BCUT2D eigenvalue weighted by Gasteiger charge is 2.61. The highest BCUT2D eigenvalue weighted by molar-refractivity contribution is 5.93. The highest BCUT2D eigenvalue weighted by Crippen LogP contribution is 2.61. The van der Waals surface area contributed by atoms with Gasteiger partial charge in [0.2, 0.25) is 0 Å². The van der Waals surface area contributed by atoms with Crippen molar-refractivity contribution in [3.63, 3.8) is 0 Å². The summed E-state index contributed by atoms with van der Waals surface area (Å²) in [7, 11) is 0. The van der Waals surface area contributed by atoms with Crippen molar-refractivity contribution in [1.82, 2.24) is 4.90 Å². The lowest BCUT2D eigenvalue weighted by Gasteiger charge is -2.46. The van der Waals surface area contributed by atoms with Crippen LogP contribution in [0.3, 0.4) is 0 Å². The molecule has 5 heteroatoms. The van der Waals surface area contributed by atoms with Crippen molar-refractivity contribution in [2.75, 3.05) is 11.9 Å². The van der Waals surface area contributed by atoms with Crippen LogP contribution in [0, 0.1) is 0 Å². The van der Waals surface area contributed by atoms with E-state index in [0.717, 1.165) is 47.6 Å². The molecule has 206 valence electrons. The fourth-order valence-corrected chi connectivity index (χ4v) is 7.53. The minimum atomic E-state index is -0.377. The molecule has 1 spiro atoms. The zero-order chi connectivity index (χ0) is 27.8. The molecule has 0 amide bonds. The average Bonchev–Trinajstić information content (AvgIpc) is 3.58. The standard InChI is InChI=1S/C36H34N2O3/c39-23-27-15-7-8-16-28(27)29-21-30(35(40)41-24-26-13-5-2-6-14-26)33-36(31-17-9-10-18-32(31)37-33)19-20-38(34(29)36)22-25-11-3-1-4-12-25/h1-18,29,34,37,39H,19-24H2. The number of fused-ring (bicyclic) bond motifs is 1. The fourth-order valence-electron chi connectivity index (χ4n) is 7.53. The number of rotatable bonds is 7. The van der Waals surface area contributed by atoms with Crippen LogP contribution in [0.15, 0.2) is 120 Å². The van der Waals surface area contributed by atoms with Gasteiger partial charge in [0, 0.05) is 36.4 Å². The van der Waals surface area contributed by atoms with Gasteiger partial charge in [-0.3, -0.25) is 4.90 Å². The Labute approximate surface area is 241 Å². The number of aliphatic hydroxyl groups is 1. The first-order valence-electron chi connectivity index (χ1n) is 14.5. The SMILES string of the molecule is O=C(OCc1ccccc1)C1=C2Nc3ccccc3C23CCN(Cc2ccccc2)C3C(c2ccccc2CO)C1. The second-order valence-electron chi connectivity index (χ2n) is 11.4. The second-order valence-corrected chi connectivity index (χ2v) is 11.4. The molecule has 3 atom stereocenters. The van der Waals surface area contributed by atoms with E-state index in [4.69, 9.17) is 4.74 Å². The van der Waals surface area contributed by atoms with Crippen LogP contribution in [0.2, 0.25) is 0 Å². The van der Waals surface area contributed by atoms with Crippen molar-refractivity contribution in [1.29, 1.82) is 0 Å². The first-order chi connectivity index (χ1) is 20.2. The smallest absolute Gasteiger partial charge is 0.336 e. The van der Waals surface area contributed by atoms with Gasteiger partial charge in [0.05, 0.1) is 17.6 Å². The van der Waals surface area contributed by atoms with E-state index in [9.17, 15) is 9.90 Å². The summed E-state index contributed by atoms with van der Waals surface area (Å²) in [5.41, 5.74) is 7.91. The predicted octanol–water partition coefficient (Wildman–Crippen LogP) is 6.30. The number of aliphatic hydroxyl groups excluding tert-OH is 1. The molecule has 0 bridgehead atoms. The van der Waals surface area contributed by atoms with Crippen LogP contribution in [0.25, 0.3) is 0 Å². The number of ether oxygens (including phenoxy) is 1. The van der Waals surface area contributed by atoms with Gasteiger partial charge in [-0.2, -0.15) is 0 Å². The van der Waals surface area contributed by atoms with E-state index in [-0.39, 0.29) is 36.6 Å². The van der Waals surface area contributed by atoms with Crippen molar-refractivity contribution in [2.24, 2.45) is 0 Å². The van der Waals surface area contributed by atoms with E-state index in [0.29, 0.717) is 12.0 Å². The molecule has 1 aliphatic carbocycles. The summed E-state index contributed by atoms with van der Waals surface area (Å²) < 4.78 is 5.98. The molecule has 1 saturated heterocycles. The third-order valence-corrected chi connectivity index (χ3v) is 9.22. The number of anilines is 1. The largest absolute Gasteiger partial charge is 0.457 e. The van der Waals surface area contributed by atoms with Gasteiger partial charge >= 0.3 is 5.97 Å². The maximum atomic E-state index is 14.0. The Morgan fingerprint density at radius 1 is 0.878 bits per heavy atom. The quantitative estimate of drug-likeness (QED) is 0.268. The summed E-state index contributed by atoms with van der Waals surface area (Å²) in [6.07, 6.45) is 1.44. The molecule has 0 saturated carbocycles. The fraction of sp³-hybridized carbons (Fsp3) is 0.250. The van der Waals surface area contributed by atoms with Crippen LogP contribution >= 0.6 is 0 Å². The van der Waals surface area contributed by atoms with Gasteiger partial charge in [0.1, 0.15) is 6.61 Å². The monoisotopic (exact) mass is 542 g/mol. The molecule has 3 unspecified atom stereocenters. The first-order valence-corrected chi connectivity index (χ1v) is 14.5. The first kappa shape index (κ1) is 25.8. The molecule has 2 N–H and O–H groups in total. The Balaban J connectivity index is 1.37. The number of hydrogen-bond acceptors (Lipinski definition) is 5. The van der Waals surface area contributed by atoms with Crippen molar-refractivity contribution >= 4 is 11.7 Å². The molecule has 0 aromatic heterocycles. The van der Waals surface area contributed by atoms with E-state index in [1.807, 2.05) is 48.5 Å². The van der Waals surface area contributed by atoms with Crippen molar-refractivity contribution in [2.45, 2.75) is 50.0 Å². The lowest BCUT2D eigenvalue weighted by molar-refractivity contribution is -0.140. The summed E-state index contributed by atoms with van der Waals surface area (Å²) in [5, 5.41) is 14.1. The molecule has 5 nitrogen and oxygen atoms in total. The van der Waals surface area contributed by atoms with Gasteiger partial charge < -0.3 is 15.2 Å². The van der Waals surface area contributed by atoms with Gasteiger partial charge in [-0.1, -0.05) is 103 Å². The maximum absolute atomic E-state index is 14.0. The Bertz CT molecular complexity index is 1600. The molecule has 1 fully saturated rings. The Morgan fingerprint density at radius 3 is 2.34 bits per heavy atom. The van der Waals surface area contributed by atoms with Crippen LogP contribution in [0.5, 0.6) is 0 Å². The van der Waals surface area contributed by atoms with E-state index in [1.54, 1.807) is 0 Å². The van der Waals surface area contributed by atoms with Crippen LogP contribution in [0.4, 0.5) is 5.69 Å². The van der Waals surface area contributed by atoms with E-state index < -0.39 is 0 Å². The summed E-state index contributed by atoms with van der Waals surface area (Å²) in [6, 6.07) is 37.2. The molecule has 41 heavy (non-hydrogen) atoms. The molecular formula is C36H34N2O3. The summed E-state index contributed by atoms with van der Waals surface area (Å²) in [6.45, 7) is 1.93. The summed E-state index contributed by atoms with van der Waals surface area (Å²) in [4.78, 5) is 16.6. The normalized spacial score (nSPS) is 23.0. The van der Waals surface area contributed by atoms with Gasteiger partial charge in [-0.05, 0) is 46.7 Å². The van der Waals surface area contributed by atoms with Crippen molar-refractivity contribution < 1.29 is 14.6 Å². The number of nitrogens with zero attached hydrogens (tertiary/aromatic N) is 1. The molecule has 4 aromatic carbocycles. The number of carbonyl (C=O) groups excluding carboxylic acids is 1. The Hall–Kier alpha value is -4.19. The van der Waals surface area contributed by atoms with E-state index in [2.05, 4.69) is 70.9 Å². The molecule has 3 aliphatic rings. The molecule has 0 radical (unpaired) electrons. The van der Waals surface area contributed by atoms with E-state index in [1.165, 1.54) is 11.1 Å². The number of esters is 1. The predicted molar refractivity (Wildman–Crippen MR) is 160 cm³/mol. The van der Waals surface area contributed by atoms with Crippen LogP contribution < -0.4 is 5.32 Å². The van der Waals surface area contributed by atoms with Gasteiger partial charge in [0.15, 0.2) is 0 Å². The third kappa shape index (κ3) is 4.37. The Morgan fingerprint density at radius 2 is 1.56 bits per heavy atom. The molecule has 2 heterocycles. The molecule has 4 aromatic rings. The van der Waals surface area contributed by atoms with Crippen LogP contribution in [-0.4, -0.2) is 28.6 Å². The van der Waals surface area contributed by atoms with Crippen LogP contribution in [-0.2, 0) is 34.7 Å². The Kier molecular flexibility index (Phi) is 6.69. The van der Waals surface area contributed by atoms with Gasteiger partial charge in [0.25, 0.3) is 0 Å². The summed E-state index contributed by atoms with van der Waals surface area (Å²) >= 11 is 0. The van der Waals surface area contributed by atoms with E-state index >= 15 is 0 Å². The highest BCUT2D eigenvalue weighted by atomic mass is 16.5. The number of likely N-dealkylation sites (tertiary alicyclic amines) is 1.